The van der Waals surface area contributed by atoms with Gasteiger partial charge in [0.15, 0.2) is 0 Å². The zero-order valence-corrected chi connectivity index (χ0v) is 12.8. The first-order valence-electron chi connectivity index (χ1n) is 7.12. The van der Waals surface area contributed by atoms with Gasteiger partial charge in [-0.1, -0.05) is 29.8 Å². The molecule has 0 radical (unpaired) electrons. The second-order valence-electron chi connectivity index (χ2n) is 5.22. The van der Waals surface area contributed by atoms with E-state index in [4.69, 9.17) is 4.74 Å². The monoisotopic (exact) mass is 286 g/mol. The Hall–Kier alpha value is -2.07. The average Bonchev–Trinajstić information content (AvgIpc) is 2.48. The van der Waals surface area contributed by atoms with Gasteiger partial charge in [-0.15, -0.1) is 0 Å². The van der Waals surface area contributed by atoms with E-state index < -0.39 is 0 Å². The molecule has 1 aromatic heterocycles. The fourth-order valence-corrected chi connectivity index (χ4v) is 2.17. The van der Waals surface area contributed by atoms with Crippen LogP contribution < -0.4 is 10.9 Å². The number of pyridine rings is 1. The summed E-state index contributed by atoms with van der Waals surface area (Å²) < 4.78 is 6.68. The third kappa shape index (κ3) is 4.20. The van der Waals surface area contributed by atoms with Crippen LogP contribution in [0.2, 0.25) is 0 Å². The summed E-state index contributed by atoms with van der Waals surface area (Å²) >= 11 is 0. The van der Waals surface area contributed by atoms with Gasteiger partial charge in [-0.2, -0.15) is 0 Å². The molecule has 1 heterocycles. The van der Waals surface area contributed by atoms with E-state index in [2.05, 4.69) is 43.4 Å². The number of rotatable bonds is 6. The number of methoxy groups -OCH3 is 1. The Morgan fingerprint density at radius 1 is 1.19 bits per heavy atom. The number of aryl methyl sites for hydroxylation is 1. The van der Waals surface area contributed by atoms with Gasteiger partial charge in [0.25, 0.3) is 5.56 Å². The second-order valence-corrected chi connectivity index (χ2v) is 5.22. The van der Waals surface area contributed by atoms with Crippen LogP contribution in [0.25, 0.3) is 0 Å². The van der Waals surface area contributed by atoms with E-state index in [0.29, 0.717) is 13.2 Å². The highest BCUT2D eigenvalue weighted by Gasteiger charge is 2.06. The highest BCUT2D eigenvalue weighted by atomic mass is 16.5. The SMILES string of the molecule is COCCn1cc(NC(C)c2ccc(C)cc2)ccc1=O. The number of hydrogen-bond acceptors (Lipinski definition) is 3. The quantitative estimate of drug-likeness (QED) is 0.888. The first-order chi connectivity index (χ1) is 10.1. The van der Waals surface area contributed by atoms with Gasteiger partial charge in [0.05, 0.1) is 12.3 Å². The molecule has 0 aliphatic carbocycles. The van der Waals surface area contributed by atoms with E-state index in [1.165, 1.54) is 11.1 Å². The smallest absolute Gasteiger partial charge is 0.250 e. The Morgan fingerprint density at radius 2 is 1.90 bits per heavy atom. The highest BCUT2D eigenvalue weighted by molar-refractivity contribution is 5.43. The van der Waals surface area contributed by atoms with Gasteiger partial charge in [-0.25, -0.2) is 0 Å². The van der Waals surface area contributed by atoms with Crippen LogP contribution >= 0.6 is 0 Å². The summed E-state index contributed by atoms with van der Waals surface area (Å²) in [7, 11) is 1.63. The number of aromatic nitrogens is 1. The molecule has 1 atom stereocenters. The Morgan fingerprint density at radius 3 is 2.57 bits per heavy atom. The van der Waals surface area contributed by atoms with Gasteiger partial charge in [0.2, 0.25) is 0 Å². The maximum Gasteiger partial charge on any atom is 0.250 e. The van der Waals surface area contributed by atoms with Crippen LogP contribution in [0.4, 0.5) is 5.69 Å². The van der Waals surface area contributed by atoms with Crippen molar-refractivity contribution in [1.29, 1.82) is 0 Å². The number of anilines is 1. The predicted octanol–water partition coefficient (Wildman–Crippen LogP) is 2.98. The van der Waals surface area contributed by atoms with Crippen LogP contribution in [0.15, 0.2) is 47.4 Å². The molecule has 2 aromatic rings. The zero-order chi connectivity index (χ0) is 15.2. The molecular weight excluding hydrogens is 264 g/mol. The number of nitrogens with one attached hydrogen (secondary N) is 1. The van der Waals surface area contributed by atoms with E-state index in [0.717, 1.165) is 5.69 Å². The lowest BCUT2D eigenvalue weighted by atomic mass is 10.1. The molecule has 2 rings (SSSR count). The summed E-state index contributed by atoms with van der Waals surface area (Å²) in [5, 5.41) is 3.42. The van der Waals surface area contributed by atoms with Gasteiger partial charge in [0, 0.05) is 32.0 Å². The first kappa shape index (κ1) is 15.3. The molecule has 0 fully saturated rings. The Bertz CT molecular complexity index is 632. The van der Waals surface area contributed by atoms with Crippen LogP contribution in [0, 0.1) is 6.92 Å². The van der Waals surface area contributed by atoms with E-state index in [1.807, 2.05) is 12.3 Å². The number of ether oxygens (including phenoxy) is 1. The fraction of sp³-hybridized carbons (Fsp3) is 0.353. The Balaban J connectivity index is 2.11. The predicted molar refractivity (Wildman–Crippen MR) is 85.8 cm³/mol. The average molecular weight is 286 g/mol. The van der Waals surface area contributed by atoms with Crippen LogP contribution in [0.5, 0.6) is 0 Å². The summed E-state index contributed by atoms with van der Waals surface area (Å²) in [4.78, 5) is 11.8. The zero-order valence-electron chi connectivity index (χ0n) is 12.8. The van der Waals surface area contributed by atoms with Crippen molar-refractivity contribution in [3.05, 3.63) is 64.1 Å². The van der Waals surface area contributed by atoms with Crippen LogP contribution in [-0.4, -0.2) is 18.3 Å². The molecule has 0 bridgehead atoms. The maximum absolute atomic E-state index is 11.8. The van der Waals surface area contributed by atoms with Crippen molar-refractivity contribution in [2.75, 3.05) is 19.0 Å². The molecule has 4 nitrogen and oxygen atoms in total. The molecule has 0 aliphatic heterocycles. The van der Waals surface area contributed by atoms with Crippen LogP contribution in [0.3, 0.4) is 0 Å². The largest absolute Gasteiger partial charge is 0.383 e. The van der Waals surface area contributed by atoms with Crippen LogP contribution in [0.1, 0.15) is 24.1 Å². The van der Waals surface area contributed by atoms with E-state index >= 15 is 0 Å². The summed E-state index contributed by atoms with van der Waals surface area (Å²) in [6, 6.07) is 12.0. The number of benzene rings is 1. The lowest BCUT2D eigenvalue weighted by Gasteiger charge is -2.17. The van der Waals surface area contributed by atoms with Crippen LogP contribution in [-0.2, 0) is 11.3 Å². The third-order valence-electron chi connectivity index (χ3n) is 3.48. The Kier molecular flexibility index (Phi) is 5.17. The summed E-state index contributed by atoms with van der Waals surface area (Å²) in [5.74, 6) is 0. The first-order valence-corrected chi connectivity index (χ1v) is 7.12. The highest BCUT2D eigenvalue weighted by Crippen LogP contribution is 2.18. The summed E-state index contributed by atoms with van der Waals surface area (Å²) in [6.07, 6.45) is 1.84. The van der Waals surface area contributed by atoms with Gasteiger partial charge in [-0.3, -0.25) is 4.79 Å². The van der Waals surface area contributed by atoms with Gasteiger partial charge < -0.3 is 14.6 Å². The molecule has 0 amide bonds. The second kappa shape index (κ2) is 7.09. The summed E-state index contributed by atoms with van der Waals surface area (Å²) in [6.45, 7) is 5.27. The minimum atomic E-state index is -0.0133. The molecule has 0 saturated heterocycles. The summed E-state index contributed by atoms with van der Waals surface area (Å²) in [5.41, 5.74) is 3.38. The molecule has 112 valence electrons. The van der Waals surface area contributed by atoms with Crippen molar-refractivity contribution >= 4 is 5.69 Å². The Labute approximate surface area is 125 Å². The molecule has 0 saturated carbocycles. The number of nitrogens with zero attached hydrogens (tertiary/aromatic N) is 1. The van der Waals surface area contributed by atoms with Crippen molar-refractivity contribution in [3.8, 4) is 0 Å². The van der Waals surface area contributed by atoms with E-state index in [9.17, 15) is 4.79 Å². The van der Waals surface area contributed by atoms with Crippen molar-refractivity contribution in [1.82, 2.24) is 4.57 Å². The molecule has 4 heteroatoms. The fourth-order valence-electron chi connectivity index (χ4n) is 2.17. The molecule has 0 aliphatic rings. The molecule has 1 aromatic carbocycles. The maximum atomic E-state index is 11.8. The molecule has 21 heavy (non-hydrogen) atoms. The van der Waals surface area contributed by atoms with E-state index in [1.54, 1.807) is 17.7 Å². The minimum absolute atomic E-state index is 0.0133. The van der Waals surface area contributed by atoms with Gasteiger partial charge >= 0.3 is 0 Å². The standard InChI is InChI=1S/C17H22N2O2/c1-13-4-6-15(7-5-13)14(2)18-16-8-9-17(20)19(12-16)10-11-21-3/h4-9,12,14,18H,10-11H2,1-3H3. The third-order valence-corrected chi connectivity index (χ3v) is 3.48. The van der Waals surface area contributed by atoms with E-state index in [-0.39, 0.29) is 11.6 Å². The topological polar surface area (TPSA) is 43.3 Å². The molecule has 1 N–H and O–H groups in total. The molecular formula is C17H22N2O2. The lowest BCUT2D eigenvalue weighted by molar-refractivity contribution is 0.186. The lowest BCUT2D eigenvalue weighted by Crippen LogP contribution is -2.21. The van der Waals surface area contributed by atoms with Crippen molar-refractivity contribution in [3.63, 3.8) is 0 Å². The van der Waals surface area contributed by atoms with Gasteiger partial charge in [0.1, 0.15) is 0 Å². The van der Waals surface area contributed by atoms with Crippen molar-refractivity contribution in [2.24, 2.45) is 0 Å². The normalized spacial score (nSPS) is 12.1. The molecule has 1 unspecified atom stereocenters. The van der Waals surface area contributed by atoms with Gasteiger partial charge in [-0.05, 0) is 25.5 Å². The molecule has 0 spiro atoms. The number of hydrogen-bond donors (Lipinski definition) is 1. The van der Waals surface area contributed by atoms with Crippen molar-refractivity contribution < 1.29 is 4.74 Å². The van der Waals surface area contributed by atoms with Crippen molar-refractivity contribution in [2.45, 2.75) is 26.4 Å². The minimum Gasteiger partial charge on any atom is -0.383 e.